The Kier molecular flexibility index (Phi) is 7.53. The number of aliphatic hydroxyl groups excluding tert-OH is 1. The van der Waals surface area contributed by atoms with Gasteiger partial charge < -0.3 is 28.8 Å². The molecule has 4 fully saturated rings. The molecule has 0 amide bonds. The fraction of sp³-hybridized carbons (Fsp3) is 0.727. The lowest BCUT2D eigenvalue weighted by molar-refractivity contribution is -0.172. The average molecular weight is 587 g/mol. The monoisotopic (exact) mass is 586 g/mol. The van der Waals surface area contributed by atoms with Gasteiger partial charge in [0.25, 0.3) is 0 Å². The van der Waals surface area contributed by atoms with Gasteiger partial charge in [-0.25, -0.2) is 0 Å². The summed E-state index contributed by atoms with van der Waals surface area (Å²) in [5.41, 5.74) is -1.68. The van der Waals surface area contributed by atoms with Crippen molar-refractivity contribution in [2.75, 3.05) is 7.11 Å². The molecule has 2 bridgehead atoms. The second-order valence-electron chi connectivity index (χ2n) is 15.2. The summed E-state index contributed by atoms with van der Waals surface area (Å²) in [4.78, 5) is 14.1. The van der Waals surface area contributed by atoms with Gasteiger partial charge in [-0.15, -0.1) is 0 Å². The lowest BCUT2D eigenvalue weighted by atomic mass is 9.57. The van der Waals surface area contributed by atoms with Crippen LogP contribution in [-0.4, -0.2) is 61.4 Å². The highest BCUT2D eigenvalue weighted by molar-refractivity contribution is 6.74. The predicted octanol–water partition coefficient (Wildman–Crippen LogP) is 5.95. The summed E-state index contributed by atoms with van der Waals surface area (Å²) in [5, 5.41) is 24.0. The van der Waals surface area contributed by atoms with Gasteiger partial charge in [-0.05, 0) is 61.9 Å². The van der Waals surface area contributed by atoms with Gasteiger partial charge in [-0.3, -0.25) is 4.79 Å². The average Bonchev–Trinajstić information content (AvgIpc) is 3.43. The molecular formula is C33H50O7Si. The van der Waals surface area contributed by atoms with Crippen molar-refractivity contribution in [2.45, 2.75) is 122 Å². The lowest BCUT2D eigenvalue weighted by Gasteiger charge is -2.55. The SMILES string of the molecule is C=C1CC[C@H](O[Si](C)(C)C(C)(C)C)[C@@]2(C)[C@H]3OC(c4ccc(OC)cc4)O[C@@H]3[C@H]3CC[C@@](O)(C(=O)[C@@H](O)[C@H]12)C3(C)C. The number of benzene rings is 1. The highest BCUT2D eigenvalue weighted by atomic mass is 28.4. The molecule has 1 aromatic carbocycles. The first-order valence-corrected chi connectivity index (χ1v) is 18.1. The van der Waals surface area contributed by atoms with Gasteiger partial charge in [0.15, 0.2) is 20.4 Å². The Hall–Kier alpha value is -1.55. The van der Waals surface area contributed by atoms with Crippen LogP contribution in [0, 0.1) is 22.7 Å². The molecule has 0 aromatic heterocycles. The van der Waals surface area contributed by atoms with Crippen molar-refractivity contribution in [1.29, 1.82) is 0 Å². The zero-order valence-electron chi connectivity index (χ0n) is 26.3. The van der Waals surface area contributed by atoms with Crippen LogP contribution in [0.25, 0.3) is 0 Å². The van der Waals surface area contributed by atoms with Crippen molar-refractivity contribution >= 4 is 14.1 Å². The number of hydrogen-bond donors (Lipinski definition) is 2. The topological polar surface area (TPSA) is 94.5 Å². The van der Waals surface area contributed by atoms with Crippen molar-refractivity contribution < 1.29 is 33.6 Å². The minimum atomic E-state index is -2.27. The molecule has 41 heavy (non-hydrogen) atoms. The quantitative estimate of drug-likeness (QED) is 0.333. The van der Waals surface area contributed by atoms with Crippen molar-refractivity contribution in [3.63, 3.8) is 0 Å². The summed E-state index contributed by atoms with van der Waals surface area (Å²) < 4.78 is 26.4. The Morgan fingerprint density at radius 3 is 2.29 bits per heavy atom. The van der Waals surface area contributed by atoms with E-state index in [1.165, 1.54) is 0 Å². The number of Topliss-reactive ketones (excluding diaryl/α,β-unsaturated/α-hetero) is 1. The molecule has 9 atom stereocenters. The standard InChI is InChI=1S/C33H50O7Si/c1-19-11-16-23(40-41(9,10)30(2,3)4)32(7)24(19)25(34)27(35)33(36)18-17-22(31(33,5)6)26-28(32)39-29(38-26)20-12-14-21(37-8)15-13-20/h12-15,22-26,28-29,34,36H,1,11,16-18H2,2-10H3/t22-,23+,24+,25+,26-,28+,29?,32-,33-/m1/s1. The van der Waals surface area contributed by atoms with E-state index in [9.17, 15) is 15.0 Å². The maximum absolute atomic E-state index is 14.1. The molecule has 4 aliphatic rings. The highest BCUT2D eigenvalue weighted by Crippen LogP contribution is 2.63. The third-order valence-corrected chi connectivity index (χ3v) is 16.3. The zero-order valence-corrected chi connectivity index (χ0v) is 27.3. The number of fused-ring (bicyclic) bond motifs is 6. The minimum absolute atomic E-state index is 0.0332. The first kappa shape index (κ1) is 30.9. The van der Waals surface area contributed by atoms with Gasteiger partial charge in [0.2, 0.25) is 0 Å². The van der Waals surface area contributed by atoms with Crippen molar-refractivity contribution in [3.8, 4) is 5.75 Å². The van der Waals surface area contributed by atoms with Gasteiger partial charge in [-0.2, -0.15) is 0 Å². The van der Waals surface area contributed by atoms with E-state index in [-0.39, 0.29) is 23.5 Å². The van der Waals surface area contributed by atoms with Gasteiger partial charge in [-0.1, -0.05) is 65.8 Å². The van der Waals surface area contributed by atoms with E-state index in [0.29, 0.717) is 12.8 Å². The molecule has 1 aliphatic heterocycles. The van der Waals surface area contributed by atoms with Gasteiger partial charge in [0.05, 0.1) is 25.4 Å². The van der Waals surface area contributed by atoms with Crippen LogP contribution in [-0.2, 0) is 18.7 Å². The van der Waals surface area contributed by atoms with Crippen molar-refractivity contribution in [1.82, 2.24) is 0 Å². The van der Waals surface area contributed by atoms with Crippen LogP contribution in [0.2, 0.25) is 18.1 Å². The maximum Gasteiger partial charge on any atom is 0.193 e. The third-order valence-electron chi connectivity index (χ3n) is 11.8. The first-order chi connectivity index (χ1) is 18.9. The van der Waals surface area contributed by atoms with E-state index >= 15 is 0 Å². The van der Waals surface area contributed by atoms with E-state index in [1.54, 1.807) is 7.11 Å². The number of ketones is 1. The fourth-order valence-corrected chi connectivity index (χ4v) is 9.45. The van der Waals surface area contributed by atoms with Crippen molar-refractivity contribution in [3.05, 3.63) is 42.0 Å². The highest BCUT2D eigenvalue weighted by Gasteiger charge is 2.70. The van der Waals surface area contributed by atoms with Crippen LogP contribution in [0.3, 0.4) is 0 Å². The number of methoxy groups -OCH3 is 1. The van der Waals surface area contributed by atoms with Crippen molar-refractivity contribution in [2.24, 2.45) is 22.7 Å². The van der Waals surface area contributed by atoms with Crippen LogP contribution >= 0.6 is 0 Å². The molecule has 0 radical (unpaired) electrons. The molecule has 1 aromatic rings. The molecular weight excluding hydrogens is 536 g/mol. The fourth-order valence-electron chi connectivity index (χ4n) is 8.01. The van der Waals surface area contributed by atoms with E-state index < -0.39 is 61.1 Å². The summed E-state index contributed by atoms with van der Waals surface area (Å²) in [6.45, 7) is 21.5. The molecule has 228 valence electrons. The second kappa shape index (κ2) is 9.99. The van der Waals surface area contributed by atoms with Crippen LogP contribution in [0.4, 0.5) is 0 Å². The van der Waals surface area contributed by atoms with Crippen LogP contribution in [0.15, 0.2) is 36.4 Å². The predicted molar refractivity (Wildman–Crippen MR) is 160 cm³/mol. The third kappa shape index (κ3) is 4.51. The summed E-state index contributed by atoms with van der Waals surface area (Å²) in [6.07, 6.45) is -1.06. The Labute approximate surface area is 246 Å². The molecule has 3 aliphatic carbocycles. The molecule has 1 unspecified atom stereocenters. The molecule has 5 rings (SSSR count). The van der Waals surface area contributed by atoms with Crippen LogP contribution < -0.4 is 4.74 Å². The summed E-state index contributed by atoms with van der Waals surface area (Å²) >= 11 is 0. The molecule has 7 nitrogen and oxygen atoms in total. The largest absolute Gasteiger partial charge is 0.497 e. The second-order valence-corrected chi connectivity index (χ2v) is 20.0. The summed E-state index contributed by atoms with van der Waals surface area (Å²) in [6, 6.07) is 7.69. The lowest BCUT2D eigenvalue weighted by Crippen LogP contribution is -2.63. The van der Waals surface area contributed by atoms with Crippen LogP contribution in [0.1, 0.15) is 79.1 Å². The normalized spacial score (nSPS) is 40.8. The number of rotatable bonds is 4. The molecule has 8 heteroatoms. The number of aliphatic hydroxyl groups is 2. The van der Waals surface area contributed by atoms with Gasteiger partial charge in [0.1, 0.15) is 17.5 Å². The van der Waals surface area contributed by atoms with E-state index in [1.807, 2.05) is 38.1 Å². The molecule has 0 spiro atoms. The smallest absolute Gasteiger partial charge is 0.193 e. The summed E-state index contributed by atoms with van der Waals surface area (Å²) in [7, 11) is -0.633. The van der Waals surface area contributed by atoms with Crippen LogP contribution in [0.5, 0.6) is 5.75 Å². The Morgan fingerprint density at radius 1 is 1.07 bits per heavy atom. The Balaban J connectivity index is 1.68. The number of ether oxygens (including phenoxy) is 3. The first-order valence-electron chi connectivity index (χ1n) is 15.2. The van der Waals surface area contributed by atoms with Gasteiger partial charge in [0, 0.05) is 22.3 Å². The van der Waals surface area contributed by atoms with E-state index in [4.69, 9.17) is 18.6 Å². The Bertz CT molecular complexity index is 1190. The minimum Gasteiger partial charge on any atom is -0.497 e. The maximum atomic E-state index is 14.1. The Morgan fingerprint density at radius 2 is 1.71 bits per heavy atom. The molecule has 1 saturated heterocycles. The van der Waals surface area contributed by atoms with E-state index in [2.05, 4.69) is 47.4 Å². The number of hydrogen-bond acceptors (Lipinski definition) is 7. The molecule has 3 saturated carbocycles. The van der Waals surface area contributed by atoms with Gasteiger partial charge >= 0.3 is 0 Å². The molecule has 1 heterocycles. The number of carbonyl (C=O) groups is 1. The van der Waals surface area contributed by atoms with E-state index in [0.717, 1.165) is 23.3 Å². The number of carbonyl (C=O) groups excluding carboxylic acids is 1. The summed E-state index contributed by atoms with van der Waals surface area (Å²) in [5.74, 6) is -0.585. The zero-order chi connectivity index (χ0) is 30.3. The molecule has 2 N–H and O–H groups in total.